The molecule has 24 heavy (non-hydrogen) atoms. The first-order chi connectivity index (χ1) is 11.0. The van der Waals surface area contributed by atoms with Crippen LogP contribution >= 0.6 is 0 Å². The van der Waals surface area contributed by atoms with Crippen molar-refractivity contribution in [2.24, 2.45) is 0 Å². The van der Waals surface area contributed by atoms with Crippen molar-refractivity contribution in [1.82, 2.24) is 4.90 Å². The first-order valence-corrected chi connectivity index (χ1v) is 7.79. The SMILES string of the molecule is CC(C)(C)c1ccc(NC(=O)C2CCCN2C(=O)C(F)(F)F)cc1. The number of hydrogen-bond acceptors (Lipinski definition) is 2. The molecule has 4 nitrogen and oxygen atoms in total. The van der Waals surface area contributed by atoms with Crippen molar-refractivity contribution < 1.29 is 22.8 Å². The average molecular weight is 342 g/mol. The normalized spacial score (nSPS) is 18.6. The van der Waals surface area contributed by atoms with E-state index in [1.165, 1.54) is 0 Å². The van der Waals surface area contributed by atoms with Crippen LogP contribution in [0.15, 0.2) is 24.3 Å². The second-order valence-electron chi connectivity index (χ2n) is 6.97. The number of alkyl halides is 3. The maximum absolute atomic E-state index is 12.6. The summed E-state index contributed by atoms with van der Waals surface area (Å²) in [5.74, 6) is -2.54. The Labute approximate surface area is 139 Å². The number of likely N-dealkylation sites (tertiary alicyclic amines) is 1. The average Bonchev–Trinajstić information content (AvgIpc) is 2.94. The molecule has 0 aliphatic carbocycles. The van der Waals surface area contributed by atoms with Crippen LogP contribution in [0.25, 0.3) is 0 Å². The van der Waals surface area contributed by atoms with Gasteiger partial charge in [-0.1, -0.05) is 32.9 Å². The molecule has 1 heterocycles. The number of nitrogens with one attached hydrogen (secondary N) is 1. The fourth-order valence-corrected chi connectivity index (χ4v) is 2.72. The Kier molecular flexibility index (Phi) is 4.92. The highest BCUT2D eigenvalue weighted by molar-refractivity contribution is 5.98. The number of nitrogens with zero attached hydrogens (tertiary/aromatic N) is 1. The van der Waals surface area contributed by atoms with Crippen LogP contribution in [-0.4, -0.2) is 35.5 Å². The summed E-state index contributed by atoms with van der Waals surface area (Å²) in [5.41, 5.74) is 1.54. The van der Waals surface area contributed by atoms with Gasteiger partial charge in [0, 0.05) is 12.2 Å². The number of benzene rings is 1. The molecule has 1 unspecified atom stereocenters. The van der Waals surface area contributed by atoms with Gasteiger partial charge in [-0.15, -0.1) is 0 Å². The second-order valence-corrected chi connectivity index (χ2v) is 6.97. The number of carbonyl (C=O) groups is 2. The van der Waals surface area contributed by atoms with Gasteiger partial charge in [-0.2, -0.15) is 13.2 Å². The summed E-state index contributed by atoms with van der Waals surface area (Å²) in [7, 11) is 0. The van der Waals surface area contributed by atoms with E-state index in [0.717, 1.165) is 5.56 Å². The van der Waals surface area contributed by atoms with Crippen molar-refractivity contribution in [2.75, 3.05) is 11.9 Å². The van der Waals surface area contributed by atoms with Crippen molar-refractivity contribution in [3.05, 3.63) is 29.8 Å². The number of hydrogen-bond donors (Lipinski definition) is 1. The highest BCUT2D eigenvalue weighted by Crippen LogP contribution is 2.27. The Hall–Kier alpha value is -2.05. The summed E-state index contributed by atoms with van der Waals surface area (Å²) in [6.45, 7) is 6.11. The molecule has 2 amide bonds. The number of carbonyl (C=O) groups excluding carboxylic acids is 2. The minimum Gasteiger partial charge on any atom is -0.324 e. The highest BCUT2D eigenvalue weighted by atomic mass is 19.4. The van der Waals surface area contributed by atoms with E-state index >= 15 is 0 Å². The zero-order chi connectivity index (χ0) is 18.1. The van der Waals surface area contributed by atoms with Crippen LogP contribution in [-0.2, 0) is 15.0 Å². The molecule has 0 bridgehead atoms. The van der Waals surface area contributed by atoms with Crippen molar-refractivity contribution in [3.63, 3.8) is 0 Å². The summed E-state index contributed by atoms with van der Waals surface area (Å²) < 4.78 is 37.8. The van der Waals surface area contributed by atoms with Gasteiger partial charge in [0.1, 0.15) is 6.04 Å². The van der Waals surface area contributed by atoms with E-state index in [0.29, 0.717) is 17.0 Å². The van der Waals surface area contributed by atoms with E-state index in [4.69, 9.17) is 0 Å². The Morgan fingerprint density at radius 3 is 2.21 bits per heavy atom. The Morgan fingerprint density at radius 1 is 1.12 bits per heavy atom. The molecule has 1 N–H and O–H groups in total. The molecule has 0 radical (unpaired) electrons. The lowest BCUT2D eigenvalue weighted by Gasteiger charge is -2.25. The van der Waals surface area contributed by atoms with E-state index < -0.39 is 24.0 Å². The van der Waals surface area contributed by atoms with E-state index in [1.54, 1.807) is 12.1 Å². The van der Waals surface area contributed by atoms with Crippen LogP contribution in [0.1, 0.15) is 39.2 Å². The number of amides is 2. The smallest absolute Gasteiger partial charge is 0.324 e. The van der Waals surface area contributed by atoms with Gasteiger partial charge in [0.25, 0.3) is 0 Å². The maximum Gasteiger partial charge on any atom is 0.471 e. The number of rotatable bonds is 2. The lowest BCUT2D eigenvalue weighted by Crippen LogP contribution is -2.48. The quantitative estimate of drug-likeness (QED) is 0.895. The van der Waals surface area contributed by atoms with Crippen LogP contribution in [0.2, 0.25) is 0 Å². The van der Waals surface area contributed by atoms with E-state index in [1.807, 2.05) is 12.1 Å². The lowest BCUT2D eigenvalue weighted by atomic mass is 9.87. The molecule has 1 aliphatic heterocycles. The van der Waals surface area contributed by atoms with E-state index in [9.17, 15) is 22.8 Å². The summed E-state index contributed by atoms with van der Waals surface area (Å²) in [5, 5.41) is 2.60. The molecule has 1 aromatic rings. The first kappa shape index (κ1) is 18.3. The lowest BCUT2D eigenvalue weighted by molar-refractivity contribution is -0.186. The minimum atomic E-state index is -4.96. The van der Waals surface area contributed by atoms with Gasteiger partial charge in [-0.05, 0) is 36.0 Å². The first-order valence-electron chi connectivity index (χ1n) is 7.79. The van der Waals surface area contributed by atoms with E-state index in [2.05, 4.69) is 26.1 Å². The highest BCUT2D eigenvalue weighted by Gasteiger charge is 2.47. The molecular formula is C17H21F3N2O2. The molecule has 1 fully saturated rings. The Morgan fingerprint density at radius 2 is 1.71 bits per heavy atom. The van der Waals surface area contributed by atoms with Crippen molar-refractivity contribution in [3.8, 4) is 0 Å². The second kappa shape index (κ2) is 6.45. The fraction of sp³-hybridized carbons (Fsp3) is 0.529. The molecule has 0 aromatic heterocycles. The molecule has 1 aliphatic rings. The van der Waals surface area contributed by atoms with Crippen LogP contribution in [0.3, 0.4) is 0 Å². The topological polar surface area (TPSA) is 49.4 Å². The summed E-state index contributed by atoms with van der Waals surface area (Å²) >= 11 is 0. The third-order valence-electron chi connectivity index (χ3n) is 4.08. The minimum absolute atomic E-state index is 0.0378. The molecule has 2 rings (SSSR count). The van der Waals surface area contributed by atoms with Gasteiger partial charge >= 0.3 is 12.1 Å². The Bertz CT molecular complexity index is 618. The molecule has 0 saturated carbocycles. The zero-order valence-corrected chi connectivity index (χ0v) is 13.9. The zero-order valence-electron chi connectivity index (χ0n) is 13.9. The third-order valence-corrected chi connectivity index (χ3v) is 4.08. The van der Waals surface area contributed by atoms with Crippen LogP contribution in [0.4, 0.5) is 18.9 Å². The van der Waals surface area contributed by atoms with Gasteiger partial charge in [-0.25, -0.2) is 0 Å². The van der Waals surface area contributed by atoms with Gasteiger partial charge < -0.3 is 10.2 Å². The molecule has 1 saturated heterocycles. The van der Waals surface area contributed by atoms with Gasteiger partial charge in [0.2, 0.25) is 5.91 Å². The monoisotopic (exact) mass is 342 g/mol. The van der Waals surface area contributed by atoms with Crippen LogP contribution in [0, 0.1) is 0 Å². The van der Waals surface area contributed by atoms with Crippen LogP contribution in [0.5, 0.6) is 0 Å². The summed E-state index contributed by atoms with van der Waals surface area (Å²) in [6.07, 6.45) is -4.35. The van der Waals surface area contributed by atoms with Gasteiger partial charge in [-0.3, -0.25) is 9.59 Å². The number of anilines is 1. The molecule has 1 atom stereocenters. The maximum atomic E-state index is 12.6. The summed E-state index contributed by atoms with van der Waals surface area (Å²) in [4.78, 5) is 24.3. The third kappa shape index (κ3) is 4.07. The molecule has 132 valence electrons. The standard InChI is InChI=1S/C17H21F3N2O2/c1-16(2,3)11-6-8-12(9-7-11)21-14(23)13-5-4-10-22(13)15(24)17(18,19)20/h6-9,13H,4-5,10H2,1-3H3,(H,21,23). The molecule has 1 aromatic carbocycles. The molecule has 0 spiro atoms. The Balaban J connectivity index is 2.07. The largest absolute Gasteiger partial charge is 0.471 e. The van der Waals surface area contributed by atoms with E-state index in [-0.39, 0.29) is 18.4 Å². The van der Waals surface area contributed by atoms with Gasteiger partial charge in [0.15, 0.2) is 0 Å². The fourth-order valence-electron chi connectivity index (χ4n) is 2.72. The van der Waals surface area contributed by atoms with Crippen LogP contribution < -0.4 is 5.32 Å². The molecule has 7 heteroatoms. The van der Waals surface area contributed by atoms with Gasteiger partial charge in [0.05, 0.1) is 0 Å². The number of halogens is 3. The summed E-state index contributed by atoms with van der Waals surface area (Å²) in [6, 6.07) is 6.07. The van der Waals surface area contributed by atoms with Crippen molar-refractivity contribution >= 4 is 17.5 Å². The molecular weight excluding hydrogens is 321 g/mol. The predicted octanol–water partition coefficient (Wildman–Crippen LogP) is 3.48. The van der Waals surface area contributed by atoms with Crippen molar-refractivity contribution in [2.45, 2.75) is 51.2 Å². The van der Waals surface area contributed by atoms with Crippen molar-refractivity contribution in [1.29, 1.82) is 0 Å². The predicted molar refractivity (Wildman–Crippen MR) is 84.6 cm³/mol.